The first-order chi connectivity index (χ1) is 10.1. The summed E-state index contributed by atoms with van der Waals surface area (Å²) in [7, 11) is 0. The number of halogens is 2. The van der Waals surface area contributed by atoms with E-state index in [1.165, 1.54) is 25.7 Å². The molecule has 116 valence electrons. The monoisotopic (exact) mass is 295 g/mol. The summed E-state index contributed by atoms with van der Waals surface area (Å²) < 4.78 is 29.5. The van der Waals surface area contributed by atoms with Crippen molar-refractivity contribution >= 4 is 0 Å². The molecule has 1 unspecified atom stereocenters. The van der Waals surface area contributed by atoms with Crippen LogP contribution in [0.15, 0.2) is 24.3 Å². The van der Waals surface area contributed by atoms with Crippen LogP contribution in [0.5, 0.6) is 5.75 Å². The zero-order chi connectivity index (χ0) is 14.8. The summed E-state index contributed by atoms with van der Waals surface area (Å²) in [5.74, 6) is 2.84. The van der Waals surface area contributed by atoms with E-state index in [2.05, 4.69) is 10.1 Å². The lowest BCUT2D eigenvalue weighted by Gasteiger charge is -2.22. The van der Waals surface area contributed by atoms with E-state index < -0.39 is 6.61 Å². The van der Waals surface area contributed by atoms with Crippen molar-refractivity contribution in [2.24, 2.45) is 17.8 Å². The van der Waals surface area contributed by atoms with Crippen LogP contribution in [0.2, 0.25) is 0 Å². The van der Waals surface area contributed by atoms with Crippen molar-refractivity contribution in [2.45, 2.75) is 45.3 Å². The van der Waals surface area contributed by atoms with E-state index in [0.717, 1.165) is 29.9 Å². The molecule has 0 bridgehead atoms. The molecule has 4 heteroatoms. The zero-order valence-electron chi connectivity index (χ0n) is 12.4. The highest BCUT2D eigenvalue weighted by Gasteiger charge is 2.41. The first kappa shape index (κ1) is 14.8. The molecule has 2 aliphatic rings. The van der Waals surface area contributed by atoms with E-state index >= 15 is 0 Å². The predicted octanol–water partition coefficient (Wildman–Crippen LogP) is 4.37. The first-order valence-corrected chi connectivity index (χ1v) is 7.92. The Labute approximate surface area is 124 Å². The molecule has 0 aromatic heterocycles. The second-order valence-corrected chi connectivity index (χ2v) is 6.38. The van der Waals surface area contributed by atoms with Gasteiger partial charge in [-0.2, -0.15) is 8.78 Å². The quantitative estimate of drug-likeness (QED) is 0.768. The molecule has 2 saturated carbocycles. The lowest BCUT2D eigenvalue weighted by molar-refractivity contribution is -0.0506. The zero-order valence-corrected chi connectivity index (χ0v) is 12.4. The predicted molar refractivity (Wildman–Crippen MR) is 78.4 cm³/mol. The number of benzene rings is 1. The molecule has 0 radical (unpaired) electrons. The minimum absolute atomic E-state index is 0.0277. The summed E-state index contributed by atoms with van der Waals surface area (Å²) in [6.07, 6.45) is 5.45. The van der Waals surface area contributed by atoms with Crippen molar-refractivity contribution in [3.05, 3.63) is 29.8 Å². The van der Waals surface area contributed by atoms with Crippen molar-refractivity contribution in [3.8, 4) is 5.75 Å². The Bertz CT molecular complexity index is 460. The third kappa shape index (κ3) is 3.94. The number of ether oxygens (including phenoxy) is 1. The summed E-state index contributed by atoms with van der Waals surface area (Å²) in [6.45, 7) is 0.230. The molecule has 2 fully saturated rings. The number of para-hydroxylation sites is 1. The van der Waals surface area contributed by atoms with Gasteiger partial charge in [0.1, 0.15) is 5.75 Å². The molecule has 21 heavy (non-hydrogen) atoms. The third-order valence-electron chi connectivity index (χ3n) is 4.72. The number of rotatable bonds is 8. The van der Waals surface area contributed by atoms with E-state index in [1.54, 1.807) is 12.1 Å². The molecule has 2 nitrogen and oxygen atoms in total. The number of hydrogen-bond acceptors (Lipinski definition) is 2. The van der Waals surface area contributed by atoms with Gasteiger partial charge in [-0.15, -0.1) is 0 Å². The smallest absolute Gasteiger partial charge is 0.387 e. The fraction of sp³-hybridized carbons (Fsp3) is 0.647. The van der Waals surface area contributed by atoms with Crippen molar-refractivity contribution < 1.29 is 13.5 Å². The van der Waals surface area contributed by atoms with Gasteiger partial charge in [-0.05, 0) is 63.0 Å². The maximum atomic E-state index is 12.5. The summed E-state index contributed by atoms with van der Waals surface area (Å²) in [5, 5.41) is 3.53. The molecule has 1 aromatic rings. The van der Waals surface area contributed by atoms with E-state index in [9.17, 15) is 8.78 Å². The lowest BCUT2D eigenvalue weighted by Crippen LogP contribution is -2.28. The average Bonchev–Trinajstić information content (AvgIpc) is 3.32. The topological polar surface area (TPSA) is 21.3 Å². The van der Waals surface area contributed by atoms with Gasteiger partial charge in [0.05, 0.1) is 0 Å². The highest BCUT2D eigenvalue weighted by Crippen LogP contribution is 2.49. The molecule has 0 saturated heterocycles. The Morgan fingerprint density at radius 1 is 1.14 bits per heavy atom. The third-order valence-corrected chi connectivity index (χ3v) is 4.72. The minimum atomic E-state index is -2.77. The van der Waals surface area contributed by atoms with Crippen LogP contribution in [0.4, 0.5) is 8.78 Å². The van der Waals surface area contributed by atoms with Crippen molar-refractivity contribution in [1.82, 2.24) is 5.32 Å². The molecule has 0 amide bonds. The standard InChI is InChI=1S/C17H23F2NO/c1-11(14-4-2-3-5-16(14)21-17(18)19)20-10-15(12-6-7-12)13-8-9-13/h2-5,11-13,15,17,20H,6-10H2,1H3. The van der Waals surface area contributed by atoms with E-state index in [-0.39, 0.29) is 11.8 Å². The van der Waals surface area contributed by atoms with Gasteiger partial charge in [-0.1, -0.05) is 18.2 Å². The molecule has 3 rings (SSSR count). The summed E-state index contributed by atoms with van der Waals surface area (Å²) >= 11 is 0. The number of hydrogen-bond donors (Lipinski definition) is 1. The maximum Gasteiger partial charge on any atom is 0.387 e. The van der Waals surface area contributed by atoms with E-state index in [1.807, 2.05) is 19.1 Å². The molecular formula is C17H23F2NO. The van der Waals surface area contributed by atoms with Crippen LogP contribution < -0.4 is 10.1 Å². The SMILES string of the molecule is CC(NCC(C1CC1)C1CC1)c1ccccc1OC(F)F. The van der Waals surface area contributed by atoms with Crippen LogP contribution in [0, 0.1) is 17.8 Å². The van der Waals surface area contributed by atoms with E-state index in [4.69, 9.17) is 0 Å². The van der Waals surface area contributed by atoms with Gasteiger partial charge < -0.3 is 10.1 Å². The van der Waals surface area contributed by atoms with Crippen molar-refractivity contribution in [3.63, 3.8) is 0 Å². The first-order valence-electron chi connectivity index (χ1n) is 7.92. The molecule has 1 aromatic carbocycles. The van der Waals surface area contributed by atoms with Crippen LogP contribution in [-0.4, -0.2) is 13.2 Å². The Hall–Kier alpha value is -1.16. The Balaban J connectivity index is 1.60. The molecule has 2 aliphatic carbocycles. The van der Waals surface area contributed by atoms with Gasteiger partial charge in [0, 0.05) is 11.6 Å². The molecule has 0 spiro atoms. The van der Waals surface area contributed by atoms with Crippen LogP contribution >= 0.6 is 0 Å². The highest BCUT2D eigenvalue weighted by atomic mass is 19.3. The fourth-order valence-electron chi connectivity index (χ4n) is 3.23. The van der Waals surface area contributed by atoms with Crippen molar-refractivity contribution in [1.29, 1.82) is 0 Å². The lowest BCUT2D eigenvalue weighted by atomic mass is 9.97. The van der Waals surface area contributed by atoms with E-state index in [0.29, 0.717) is 0 Å². The van der Waals surface area contributed by atoms with Gasteiger partial charge in [-0.3, -0.25) is 0 Å². The molecule has 0 aliphatic heterocycles. The van der Waals surface area contributed by atoms with Crippen LogP contribution in [0.25, 0.3) is 0 Å². The van der Waals surface area contributed by atoms with Crippen LogP contribution in [-0.2, 0) is 0 Å². The summed E-state index contributed by atoms with van der Waals surface area (Å²) in [4.78, 5) is 0. The Morgan fingerprint density at radius 3 is 2.33 bits per heavy atom. The van der Waals surface area contributed by atoms with Gasteiger partial charge in [-0.25, -0.2) is 0 Å². The van der Waals surface area contributed by atoms with Gasteiger partial charge >= 0.3 is 6.61 Å². The Kier molecular flexibility index (Phi) is 4.43. The van der Waals surface area contributed by atoms with Gasteiger partial charge in [0.25, 0.3) is 0 Å². The second-order valence-electron chi connectivity index (χ2n) is 6.38. The van der Waals surface area contributed by atoms with Gasteiger partial charge in [0.2, 0.25) is 0 Å². The fourth-order valence-corrected chi connectivity index (χ4v) is 3.23. The normalized spacial score (nSPS) is 20.0. The largest absolute Gasteiger partial charge is 0.434 e. The molecular weight excluding hydrogens is 272 g/mol. The van der Waals surface area contributed by atoms with Crippen LogP contribution in [0.3, 0.4) is 0 Å². The van der Waals surface area contributed by atoms with Crippen molar-refractivity contribution in [2.75, 3.05) is 6.54 Å². The van der Waals surface area contributed by atoms with Gasteiger partial charge in [0.15, 0.2) is 0 Å². The molecule has 1 N–H and O–H groups in total. The number of alkyl halides is 2. The van der Waals surface area contributed by atoms with Crippen LogP contribution in [0.1, 0.15) is 44.2 Å². The Morgan fingerprint density at radius 2 is 1.76 bits per heavy atom. The number of nitrogens with one attached hydrogen (secondary N) is 1. The minimum Gasteiger partial charge on any atom is -0.434 e. The summed E-state index contributed by atoms with van der Waals surface area (Å²) in [6, 6.07) is 7.09. The molecule has 1 atom stereocenters. The maximum absolute atomic E-state index is 12.5. The highest BCUT2D eigenvalue weighted by molar-refractivity contribution is 5.35. The molecule has 0 heterocycles. The average molecular weight is 295 g/mol. The summed E-state index contributed by atoms with van der Waals surface area (Å²) in [5.41, 5.74) is 0.808. The second kappa shape index (κ2) is 6.30.